The van der Waals surface area contributed by atoms with Crippen LogP contribution in [0.1, 0.15) is 11.3 Å². The molecule has 39 heavy (non-hydrogen) atoms. The second kappa shape index (κ2) is 12.8. The molecule has 0 spiro atoms. The van der Waals surface area contributed by atoms with E-state index in [-0.39, 0.29) is 26.6 Å². The van der Waals surface area contributed by atoms with E-state index in [0.29, 0.717) is 10.7 Å². The number of thioether (sulfide) groups is 3. The molecule has 0 aromatic carbocycles. The Morgan fingerprint density at radius 1 is 1.44 bits per heavy atom. The number of quaternary nitrogens is 1. The molecule has 2 aliphatic heterocycles. The molecular formula is C22H24ClN7O5S4. The van der Waals surface area contributed by atoms with Crippen molar-refractivity contribution in [3.63, 3.8) is 0 Å². The number of nitrogens with two attached hydrogens (primary N) is 1. The molecule has 208 valence electrons. The molecule has 2 aromatic heterocycles. The Kier molecular flexibility index (Phi) is 9.66. The Hall–Kier alpha value is -2.50. The van der Waals surface area contributed by atoms with Crippen molar-refractivity contribution in [2.75, 3.05) is 37.9 Å². The van der Waals surface area contributed by atoms with E-state index in [1.54, 1.807) is 24.2 Å². The van der Waals surface area contributed by atoms with E-state index in [2.05, 4.69) is 34.5 Å². The highest BCUT2D eigenvalue weighted by molar-refractivity contribution is 8.06. The summed E-state index contributed by atoms with van der Waals surface area (Å²) in [7, 11) is 4.18. The second-order valence-electron chi connectivity index (χ2n) is 8.64. The second-order valence-corrected chi connectivity index (χ2v) is 13.6. The van der Waals surface area contributed by atoms with Gasteiger partial charge in [-0.1, -0.05) is 39.9 Å². The average Bonchev–Trinajstić information content (AvgIpc) is 3.23. The molecule has 5 N–H and O–H groups in total. The van der Waals surface area contributed by atoms with Crippen molar-refractivity contribution < 1.29 is 29.6 Å². The molecule has 0 bridgehead atoms. The van der Waals surface area contributed by atoms with Crippen molar-refractivity contribution in [3.05, 3.63) is 44.7 Å². The Balaban J connectivity index is 1.49. The largest absolute Gasteiger partial charge is 0.543 e. The quantitative estimate of drug-likeness (QED) is 0.0826. The van der Waals surface area contributed by atoms with Gasteiger partial charge in [0.15, 0.2) is 10.8 Å². The summed E-state index contributed by atoms with van der Waals surface area (Å²) in [5.74, 6) is -1.06. The first kappa shape index (κ1) is 29.5. The van der Waals surface area contributed by atoms with Gasteiger partial charge in [0.1, 0.15) is 21.4 Å². The van der Waals surface area contributed by atoms with Crippen LogP contribution in [0.5, 0.6) is 0 Å². The molecular weight excluding hydrogens is 606 g/mol. The van der Waals surface area contributed by atoms with Crippen LogP contribution in [0.25, 0.3) is 0 Å². The summed E-state index contributed by atoms with van der Waals surface area (Å²) in [6.07, 6.45) is 3.40. The third-order valence-corrected chi connectivity index (χ3v) is 10.4. The van der Waals surface area contributed by atoms with Crippen LogP contribution in [-0.2, 0) is 20.1 Å². The molecule has 12 nitrogen and oxygen atoms in total. The fourth-order valence-corrected chi connectivity index (χ4v) is 8.48. The average molecular weight is 630 g/mol. The number of anilines is 1. The van der Waals surface area contributed by atoms with Gasteiger partial charge in [0.05, 0.1) is 32.3 Å². The van der Waals surface area contributed by atoms with Crippen molar-refractivity contribution in [2.45, 2.75) is 22.1 Å². The number of nitrogens with zero attached hydrogens (tertiary/aromatic N) is 4. The number of hydrogen-bond donors (Lipinski definition) is 4. The summed E-state index contributed by atoms with van der Waals surface area (Å²) in [6, 6.07) is 0.767. The Bertz CT molecular complexity index is 1350. The zero-order valence-electron chi connectivity index (χ0n) is 20.7. The van der Waals surface area contributed by atoms with Crippen LogP contribution < -0.4 is 21.1 Å². The van der Waals surface area contributed by atoms with Crippen LogP contribution in [-0.4, -0.2) is 87.1 Å². The number of carboxylic acids is 1. The van der Waals surface area contributed by atoms with E-state index in [1.807, 2.05) is 6.07 Å². The maximum Gasteiger partial charge on any atom is 0.276 e. The number of aliphatic carboxylic acids is 1. The van der Waals surface area contributed by atoms with Gasteiger partial charge in [-0.05, 0) is 11.6 Å². The number of thiazole rings is 1. The maximum atomic E-state index is 13.0. The number of amides is 2. The number of nitrogen functional groups attached to an aromatic ring is 1. The van der Waals surface area contributed by atoms with Crippen LogP contribution in [0.3, 0.4) is 0 Å². The van der Waals surface area contributed by atoms with Gasteiger partial charge in [-0.2, -0.15) is 11.8 Å². The summed E-state index contributed by atoms with van der Waals surface area (Å²) < 4.78 is 0.0422. The van der Waals surface area contributed by atoms with Gasteiger partial charge in [0, 0.05) is 39.5 Å². The van der Waals surface area contributed by atoms with E-state index in [1.165, 1.54) is 28.4 Å². The van der Waals surface area contributed by atoms with Crippen LogP contribution in [0, 0.1) is 0 Å². The SMILES string of the molecule is C[NH+](C)CCSCc1cnccc1SC1=C(C(=O)[O-])N2C(=O)[C@@H](NC(=O)/C(=N\O)c3nc(N)sc3Cl)[C@H]2SC1. The molecule has 0 aliphatic carbocycles. The monoisotopic (exact) mass is 629 g/mol. The summed E-state index contributed by atoms with van der Waals surface area (Å²) in [6.45, 7) is 1.01. The Morgan fingerprint density at radius 3 is 2.85 bits per heavy atom. The van der Waals surface area contributed by atoms with Crippen LogP contribution in [0.4, 0.5) is 5.13 Å². The Morgan fingerprint density at radius 2 is 2.21 bits per heavy atom. The highest BCUT2D eigenvalue weighted by atomic mass is 35.5. The predicted molar refractivity (Wildman–Crippen MR) is 151 cm³/mol. The molecule has 1 saturated heterocycles. The lowest BCUT2D eigenvalue weighted by Crippen LogP contribution is -3.06. The van der Waals surface area contributed by atoms with E-state index < -0.39 is 34.9 Å². The number of nitrogens with one attached hydrogen (secondary N) is 2. The number of carbonyl (C=O) groups excluding carboxylic acids is 3. The third kappa shape index (κ3) is 6.47. The molecule has 2 amide bonds. The molecule has 0 radical (unpaired) electrons. The van der Waals surface area contributed by atoms with Gasteiger partial charge in [0.2, 0.25) is 0 Å². The summed E-state index contributed by atoms with van der Waals surface area (Å²) in [5, 5.41) is 26.4. The number of fused-ring (bicyclic) bond motifs is 1. The maximum absolute atomic E-state index is 13.0. The fourth-order valence-electron chi connectivity index (χ4n) is 3.75. The zero-order valence-corrected chi connectivity index (χ0v) is 24.7. The number of β-lactam (4-membered cyclic amide) rings is 1. The molecule has 0 unspecified atom stereocenters. The first-order valence-electron chi connectivity index (χ1n) is 11.4. The number of hydrogen-bond acceptors (Lipinski definition) is 13. The number of oxime groups is 1. The van der Waals surface area contributed by atoms with E-state index in [0.717, 1.165) is 39.0 Å². The van der Waals surface area contributed by atoms with Crippen molar-refractivity contribution in [1.82, 2.24) is 20.2 Å². The van der Waals surface area contributed by atoms with Crippen molar-refractivity contribution >= 4 is 86.9 Å². The normalized spacial score (nSPS) is 19.2. The lowest BCUT2D eigenvalue weighted by atomic mass is 10.0. The molecule has 2 aliphatic rings. The van der Waals surface area contributed by atoms with Gasteiger partial charge < -0.3 is 31.1 Å². The van der Waals surface area contributed by atoms with Gasteiger partial charge in [-0.25, -0.2) is 4.98 Å². The van der Waals surface area contributed by atoms with Gasteiger partial charge in [-0.3, -0.25) is 19.5 Å². The minimum atomic E-state index is -1.48. The van der Waals surface area contributed by atoms with Crippen molar-refractivity contribution in [1.29, 1.82) is 0 Å². The molecule has 4 heterocycles. The first-order valence-corrected chi connectivity index (χ1v) is 15.7. The van der Waals surface area contributed by atoms with Crippen LogP contribution in [0.2, 0.25) is 4.34 Å². The van der Waals surface area contributed by atoms with E-state index >= 15 is 0 Å². The molecule has 2 atom stereocenters. The third-order valence-electron chi connectivity index (χ3n) is 5.65. The molecule has 1 fully saturated rings. The van der Waals surface area contributed by atoms with Crippen LogP contribution >= 0.6 is 58.2 Å². The number of halogens is 1. The highest BCUT2D eigenvalue weighted by Crippen LogP contribution is 2.45. The number of aromatic nitrogens is 2. The standard InChI is InChI=1S/C22H24ClN7O5S4/c1-29(2)5-6-36-8-10-7-25-4-3-11(10)38-12-9-37-20-15(19(32)30(20)16(12)21(33)34)26-18(31)14(28-35)13-17(23)39-22(24)27-13/h3-4,7,15,20,35H,5-6,8-9H2,1-2H3,(H2,24,27)(H,26,31)(H,33,34)/b28-14-/t15-,20-/m1/s1. The molecule has 17 heteroatoms. The van der Waals surface area contributed by atoms with E-state index in [4.69, 9.17) is 17.3 Å². The van der Waals surface area contributed by atoms with Crippen LogP contribution in [0.15, 0.2) is 39.1 Å². The molecule has 4 rings (SSSR count). The Labute approximate surface area is 245 Å². The number of carboxylic acid groups (broad SMARTS) is 1. The minimum absolute atomic E-state index is 0.0422. The minimum Gasteiger partial charge on any atom is -0.543 e. The molecule has 2 aromatic rings. The summed E-state index contributed by atoms with van der Waals surface area (Å²) in [5.41, 5.74) is 5.71. The highest BCUT2D eigenvalue weighted by Gasteiger charge is 2.53. The van der Waals surface area contributed by atoms with Gasteiger partial charge >= 0.3 is 0 Å². The number of rotatable bonds is 11. The van der Waals surface area contributed by atoms with Crippen molar-refractivity contribution in [2.24, 2.45) is 5.16 Å². The van der Waals surface area contributed by atoms with Gasteiger partial charge in [0.25, 0.3) is 11.8 Å². The van der Waals surface area contributed by atoms with Crippen molar-refractivity contribution in [3.8, 4) is 0 Å². The molecule has 0 saturated carbocycles. The lowest BCUT2D eigenvalue weighted by Gasteiger charge is -2.50. The lowest BCUT2D eigenvalue weighted by molar-refractivity contribution is -0.855. The zero-order chi connectivity index (χ0) is 28.3. The smallest absolute Gasteiger partial charge is 0.276 e. The first-order chi connectivity index (χ1) is 18.6. The number of carbonyl (C=O) groups is 3. The summed E-state index contributed by atoms with van der Waals surface area (Å²) in [4.78, 5) is 49.9. The fraction of sp³-hybridized carbons (Fsp3) is 0.364. The topological polar surface area (TPSA) is 178 Å². The summed E-state index contributed by atoms with van der Waals surface area (Å²) >= 11 is 11.3. The van der Waals surface area contributed by atoms with Gasteiger partial charge in [-0.15, -0.1) is 11.8 Å². The number of pyridine rings is 1. The van der Waals surface area contributed by atoms with E-state index in [9.17, 15) is 24.7 Å². The predicted octanol–water partition coefficient (Wildman–Crippen LogP) is -0.517.